The van der Waals surface area contributed by atoms with E-state index < -0.39 is 12.3 Å². The Hall–Kier alpha value is -0.440. The van der Waals surface area contributed by atoms with Crippen molar-refractivity contribution in [3.05, 3.63) is 0 Å². The van der Waals surface area contributed by atoms with Gasteiger partial charge in [0.25, 0.3) is 0 Å². The molecular formula is C27H45FO2. The van der Waals surface area contributed by atoms with Crippen LogP contribution in [0.1, 0.15) is 98.8 Å². The molecule has 30 heavy (non-hydrogen) atoms. The van der Waals surface area contributed by atoms with Gasteiger partial charge in [0.2, 0.25) is 0 Å². The number of halogens is 1. The summed E-state index contributed by atoms with van der Waals surface area (Å²) in [5.74, 6) is 2.29. The van der Waals surface area contributed by atoms with E-state index in [0.717, 1.165) is 31.6 Å². The number of alkyl halides is 1. The molecule has 0 bridgehead atoms. The smallest absolute Gasteiger partial charge is 0.170 e. The van der Waals surface area contributed by atoms with Gasteiger partial charge >= 0.3 is 0 Å². The van der Waals surface area contributed by atoms with E-state index in [4.69, 9.17) is 0 Å². The van der Waals surface area contributed by atoms with E-state index in [2.05, 4.69) is 34.6 Å². The average Bonchev–Trinajstić information content (AvgIpc) is 3.04. The van der Waals surface area contributed by atoms with Crippen molar-refractivity contribution >= 4 is 5.78 Å². The Morgan fingerprint density at radius 3 is 2.37 bits per heavy atom. The first-order chi connectivity index (χ1) is 14.1. The molecule has 2 nitrogen and oxygen atoms in total. The van der Waals surface area contributed by atoms with Crippen LogP contribution in [-0.2, 0) is 4.79 Å². The number of Topliss-reactive ketones (excluding diaryl/α,β-unsaturated/α-hetero) is 1. The third-order valence-electron chi connectivity index (χ3n) is 10.7. The average molecular weight is 421 g/mol. The van der Waals surface area contributed by atoms with Gasteiger partial charge in [-0.05, 0) is 85.4 Å². The summed E-state index contributed by atoms with van der Waals surface area (Å²) < 4.78 is 15.8. The monoisotopic (exact) mass is 420 g/mol. The maximum atomic E-state index is 15.8. The van der Waals surface area contributed by atoms with Gasteiger partial charge in [-0.1, -0.05) is 53.9 Å². The number of fused-ring (bicyclic) bond motifs is 5. The molecule has 0 aromatic carbocycles. The van der Waals surface area contributed by atoms with E-state index in [1.165, 1.54) is 32.1 Å². The van der Waals surface area contributed by atoms with Gasteiger partial charge in [-0.3, -0.25) is 4.79 Å². The highest BCUT2D eigenvalue weighted by atomic mass is 19.1. The fourth-order valence-electron chi connectivity index (χ4n) is 8.97. The Balaban J connectivity index is 1.55. The molecule has 4 aliphatic rings. The predicted octanol–water partition coefficient (Wildman–Crippen LogP) is 6.60. The molecule has 0 unspecified atom stereocenters. The van der Waals surface area contributed by atoms with Crippen molar-refractivity contribution in [3.63, 3.8) is 0 Å². The number of carbonyl (C=O) groups excluding carboxylic acids is 1. The maximum Gasteiger partial charge on any atom is 0.170 e. The summed E-state index contributed by atoms with van der Waals surface area (Å²) in [5.41, 5.74) is 0.0896. The van der Waals surface area contributed by atoms with Crippen molar-refractivity contribution in [1.82, 2.24) is 0 Å². The maximum absolute atomic E-state index is 15.8. The lowest BCUT2D eigenvalue weighted by molar-refractivity contribution is -0.175. The summed E-state index contributed by atoms with van der Waals surface area (Å²) in [5, 5.41) is 10.2. The van der Waals surface area contributed by atoms with Gasteiger partial charge in [0.1, 0.15) is 0 Å². The molecular weight excluding hydrogens is 375 g/mol. The van der Waals surface area contributed by atoms with Crippen molar-refractivity contribution in [3.8, 4) is 0 Å². The van der Waals surface area contributed by atoms with Crippen molar-refractivity contribution < 1.29 is 14.3 Å². The topological polar surface area (TPSA) is 37.3 Å². The zero-order valence-corrected chi connectivity index (χ0v) is 20.0. The van der Waals surface area contributed by atoms with Crippen molar-refractivity contribution in [2.75, 3.05) is 0 Å². The minimum atomic E-state index is -1.31. The zero-order valence-electron chi connectivity index (χ0n) is 20.0. The van der Waals surface area contributed by atoms with Gasteiger partial charge in [0, 0.05) is 11.8 Å². The number of rotatable bonds is 5. The summed E-state index contributed by atoms with van der Waals surface area (Å²) in [7, 11) is 0. The van der Waals surface area contributed by atoms with Crippen LogP contribution in [0.15, 0.2) is 0 Å². The number of carbonyl (C=O) groups is 1. The fourth-order valence-corrected chi connectivity index (χ4v) is 8.97. The fraction of sp³-hybridized carbons (Fsp3) is 0.963. The Morgan fingerprint density at radius 2 is 1.67 bits per heavy atom. The summed E-state index contributed by atoms with van der Waals surface area (Å²) in [4.78, 5) is 13.2. The minimum Gasteiger partial charge on any atom is -0.393 e. The largest absolute Gasteiger partial charge is 0.393 e. The third kappa shape index (κ3) is 3.50. The highest BCUT2D eigenvalue weighted by molar-refractivity contribution is 5.87. The van der Waals surface area contributed by atoms with Crippen LogP contribution >= 0.6 is 0 Å². The van der Waals surface area contributed by atoms with E-state index in [1.807, 2.05) is 0 Å². The Labute approximate surface area is 183 Å². The number of aliphatic hydroxyl groups excluding tert-OH is 1. The molecule has 0 heterocycles. The molecule has 0 aromatic rings. The van der Waals surface area contributed by atoms with Crippen LogP contribution in [0.2, 0.25) is 0 Å². The Kier molecular flexibility index (Phi) is 6.19. The number of ketones is 1. The number of hydrogen-bond donors (Lipinski definition) is 1. The highest BCUT2D eigenvalue weighted by Gasteiger charge is 2.65. The lowest BCUT2D eigenvalue weighted by Crippen LogP contribution is -2.61. The van der Waals surface area contributed by atoms with Gasteiger partial charge in [-0.15, -0.1) is 0 Å². The van der Waals surface area contributed by atoms with Crippen molar-refractivity contribution in [1.29, 1.82) is 0 Å². The van der Waals surface area contributed by atoms with Crippen LogP contribution in [0.5, 0.6) is 0 Å². The molecule has 0 spiro atoms. The van der Waals surface area contributed by atoms with Crippen molar-refractivity contribution in [2.24, 2.45) is 52.3 Å². The molecule has 0 saturated heterocycles. The van der Waals surface area contributed by atoms with Gasteiger partial charge in [0.05, 0.1) is 6.10 Å². The normalized spacial score (nSPS) is 49.5. The molecule has 0 aromatic heterocycles. The first-order valence-corrected chi connectivity index (χ1v) is 13.0. The van der Waals surface area contributed by atoms with Crippen LogP contribution in [0.3, 0.4) is 0 Å². The molecule has 4 saturated carbocycles. The SMILES string of the molecule is CC(C)CCC[C@@H](C)[C@H]1CC[C@H]2[C@@H]3[C@H](F)C(=O)[C@H]4C[C@@H](O)CC[C@]4(C)[C@H]3CC[C@]12C. The van der Waals surface area contributed by atoms with Crippen LogP contribution in [-0.4, -0.2) is 23.2 Å². The minimum absolute atomic E-state index is 0.0828. The molecule has 10 atom stereocenters. The highest BCUT2D eigenvalue weighted by Crippen LogP contribution is 2.68. The molecule has 4 rings (SSSR count). The lowest BCUT2D eigenvalue weighted by atomic mass is 9.43. The number of aliphatic hydroxyl groups is 1. The van der Waals surface area contributed by atoms with Gasteiger partial charge in [-0.25, -0.2) is 4.39 Å². The molecule has 1 N–H and O–H groups in total. The molecule has 172 valence electrons. The second-order valence-corrected chi connectivity index (χ2v) is 12.6. The first kappa shape index (κ1) is 22.7. The summed E-state index contributed by atoms with van der Waals surface area (Å²) in [6.45, 7) is 11.7. The quantitative estimate of drug-likeness (QED) is 0.544. The zero-order chi connectivity index (χ0) is 21.8. The molecule has 0 radical (unpaired) electrons. The Bertz CT molecular complexity index is 647. The van der Waals surface area contributed by atoms with E-state index in [0.29, 0.717) is 30.1 Å². The molecule has 0 aliphatic heterocycles. The standard InChI is InChI=1S/C27H45FO2/c1-16(2)7-6-8-17(3)19-9-10-20-23-21(12-14-26(19,20)4)27(5)13-11-18(29)15-22(27)25(30)24(23)28/h16-24,29H,6-15H2,1-5H3/t17-,18+,19-,20+,21+,22-,23+,24+,26-,27-/m1/s1. The van der Waals surface area contributed by atoms with Gasteiger partial charge in [0.15, 0.2) is 12.0 Å². The Morgan fingerprint density at radius 1 is 1.00 bits per heavy atom. The van der Waals surface area contributed by atoms with Gasteiger partial charge in [-0.2, -0.15) is 0 Å². The molecule has 3 heteroatoms. The van der Waals surface area contributed by atoms with Crippen LogP contribution in [0, 0.1) is 52.3 Å². The van der Waals surface area contributed by atoms with E-state index >= 15 is 4.39 Å². The van der Waals surface area contributed by atoms with Crippen LogP contribution in [0.4, 0.5) is 4.39 Å². The second kappa shape index (κ2) is 8.16. The van der Waals surface area contributed by atoms with Gasteiger partial charge < -0.3 is 5.11 Å². The first-order valence-electron chi connectivity index (χ1n) is 13.0. The van der Waals surface area contributed by atoms with Crippen LogP contribution in [0.25, 0.3) is 0 Å². The summed E-state index contributed by atoms with van der Waals surface area (Å²) >= 11 is 0. The third-order valence-corrected chi connectivity index (χ3v) is 10.7. The lowest BCUT2D eigenvalue weighted by Gasteiger charge is -2.61. The molecule has 0 amide bonds. The van der Waals surface area contributed by atoms with Crippen molar-refractivity contribution in [2.45, 2.75) is 111 Å². The van der Waals surface area contributed by atoms with E-state index in [9.17, 15) is 9.90 Å². The predicted molar refractivity (Wildman–Crippen MR) is 120 cm³/mol. The summed E-state index contributed by atoms with van der Waals surface area (Å²) in [6.07, 6.45) is 8.89. The van der Waals surface area contributed by atoms with E-state index in [-0.39, 0.29) is 28.4 Å². The molecule has 4 aliphatic carbocycles. The molecule has 4 fully saturated rings. The summed E-state index contributed by atoms with van der Waals surface area (Å²) in [6, 6.07) is 0. The van der Waals surface area contributed by atoms with E-state index in [1.54, 1.807) is 0 Å². The van der Waals surface area contributed by atoms with Crippen LogP contribution < -0.4 is 0 Å². The number of hydrogen-bond acceptors (Lipinski definition) is 2. The second-order valence-electron chi connectivity index (χ2n) is 12.6.